The number of carbonyl (C=O) groups excluding carboxylic acids is 2. The fourth-order valence-corrected chi connectivity index (χ4v) is 2.71. The topological polar surface area (TPSA) is 119 Å². The molecule has 124 valence electrons. The second kappa shape index (κ2) is 5.85. The number of β-amino-alcohol motifs (C(OH)–C–C–N with tert-alkyl or cyclic N) is 1. The number of benzene rings is 1. The van der Waals surface area contributed by atoms with Crippen molar-refractivity contribution in [3.05, 3.63) is 57.5 Å². The van der Waals surface area contributed by atoms with Gasteiger partial charge in [-0.25, -0.2) is 9.55 Å². The van der Waals surface area contributed by atoms with E-state index in [4.69, 9.17) is 0 Å². The summed E-state index contributed by atoms with van der Waals surface area (Å²) >= 11 is 0. The van der Waals surface area contributed by atoms with E-state index in [2.05, 4.69) is 4.98 Å². The molecule has 1 unspecified atom stereocenters. The summed E-state index contributed by atoms with van der Waals surface area (Å²) in [7, 11) is 0. The Morgan fingerprint density at radius 1 is 1.21 bits per heavy atom. The molecule has 1 aromatic carbocycles. The van der Waals surface area contributed by atoms with Crippen molar-refractivity contribution in [1.29, 1.82) is 0 Å². The third-order valence-electron chi connectivity index (χ3n) is 3.89. The van der Waals surface area contributed by atoms with Gasteiger partial charge in [-0.1, -0.05) is 12.1 Å². The molecule has 9 nitrogen and oxygen atoms in total. The quantitative estimate of drug-likeness (QED) is 0.491. The molecular weight excluding hydrogens is 316 g/mol. The molecule has 1 aromatic heterocycles. The monoisotopic (exact) mass is 330 g/mol. The van der Waals surface area contributed by atoms with E-state index in [1.807, 2.05) is 0 Å². The van der Waals surface area contributed by atoms with E-state index in [9.17, 15) is 24.8 Å². The van der Waals surface area contributed by atoms with E-state index >= 15 is 0 Å². The van der Waals surface area contributed by atoms with Crippen LogP contribution in [0.1, 0.15) is 26.5 Å². The molecule has 1 atom stereocenters. The maximum atomic E-state index is 12.3. The highest BCUT2D eigenvalue weighted by atomic mass is 16.6. The van der Waals surface area contributed by atoms with Crippen molar-refractivity contribution in [2.75, 3.05) is 6.54 Å². The van der Waals surface area contributed by atoms with Gasteiger partial charge in [0, 0.05) is 6.92 Å². The number of aryl methyl sites for hydroxylation is 1. The predicted octanol–water partition coefficient (Wildman–Crippen LogP) is 0.757. The van der Waals surface area contributed by atoms with Crippen LogP contribution in [0, 0.1) is 17.0 Å². The van der Waals surface area contributed by atoms with E-state index in [-0.39, 0.29) is 18.9 Å². The fourth-order valence-electron chi connectivity index (χ4n) is 2.71. The summed E-state index contributed by atoms with van der Waals surface area (Å²) in [5.41, 5.74) is 0.582. The Balaban J connectivity index is 1.76. The number of aliphatic hydroxyl groups is 1. The highest BCUT2D eigenvalue weighted by molar-refractivity contribution is 6.21. The minimum Gasteiger partial charge on any atom is -0.387 e. The molecule has 2 heterocycles. The van der Waals surface area contributed by atoms with Crippen molar-refractivity contribution in [3.63, 3.8) is 0 Å². The van der Waals surface area contributed by atoms with Crippen molar-refractivity contribution in [2.24, 2.45) is 0 Å². The molecule has 0 aliphatic carbocycles. The number of carbonyl (C=O) groups is 2. The zero-order chi connectivity index (χ0) is 17.4. The van der Waals surface area contributed by atoms with Crippen LogP contribution in [0.15, 0.2) is 30.5 Å². The average Bonchev–Trinajstić information content (AvgIpc) is 3.02. The minimum absolute atomic E-state index is 0.143. The van der Waals surface area contributed by atoms with Gasteiger partial charge in [-0.3, -0.25) is 14.5 Å². The zero-order valence-electron chi connectivity index (χ0n) is 12.7. The molecule has 0 saturated carbocycles. The number of aliphatic hydroxyl groups excluding tert-OH is 1. The molecule has 0 spiro atoms. The lowest BCUT2D eigenvalue weighted by Gasteiger charge is -2.17. The van der Waals surface area contributed by atoms with Crippen molar-refractivity contribution in [2.45, 2.75) is 19.6 Å². The number of rotatable bonds is 5. The number of hydrogen-bond donors (Lipinski definition) is 1. The van der Waals surface area contributed by atoms with Crippen LogP contribution in [0.5, 0.6) is 0 Å². The highest BCUT2D eigenvalue weighted by Crippen LogP contribution is 2.23. The number of imidazole rings is 1. The van der Waals surface area contributed by atoms with Crippen LogP contribution in [0.2, 0.25) is 0 Å². The fraction of sp³-hybridized carbons (Fsp3) is 0.267. The van der Waals surface area contributed by atoms with Crippen molar-refractivity contribution >= 4 is 17.6 Å². The van der Waals surface area contributed by atoms with Crippen LogP contribution >= 0.6 is 0 Å². The maximum absolute atomic E-state index is 12.3. The molecule has 24 heavy (non-hydrogen) atoms. The Labute approximate surface area is 136 Å². The molecule has 2 amide bonds. The van der Waals surface area contributed by atoms with Gasteiger partial charge in [0.1, 0.15) is 18.8 Å². The molecule has 1 N–H and O–H groups in total. The normalized spacial score (nSPS) is 14.8. The Kier molecular flexibility index (Phi) is 3.86. The van der Waals surface area contributed by atoms with Crippen molar-refractivity contribution in [3.8, 4) is 0 Å². The van der Waals surface area contributed by atoms with E-state index in [1.54, 1.807) is 31.2 Å². The molecular formula is C15H14N4O5. The number of imide groups is 1. The van der Waals surface area contributed by atoms with Gasteiger partial charge in [0.2, 0.25) is 0 Å². The molecule has 0 radical (unpaired) electrons. The first-order valence-corrected chi connectivity index (χ1v) is 7.20. The first-order valence-electron chi connectivity index (χ1n) is 7.20. The van der Waals surface area contributed by atoms with Crippen LogP contribution < -0.4 is 0 Å². The van der Waals surface area contributed by atoms with Crippen molar-refractivity contribution in [1.82, 2.24) is 14.5 Å². The third kappa shape index (κ3) is 2.54. The Hall–Kier alpha value is -3.07. The van der Waals surface area contributed by atoms with Gasteiger partial charge in [0.05, 0.1) is 17.7 Å². The second-order valence-corrected chi connectivity index (χ2v) is 5.45. The summed E-state index contributed by atoms with van der Waals surface area (Å²) in [6.45, 7) is 1.18. The van der Waals surface area contributed by atoms with Gasteiger partial charge in [0.15, 0.2) is 5.82 Å². The van der Waals surface area contributed by atoms with Crippen LogP contribution in [0.25, 0.3) is 0 Å². The molecule has 1 aliphatic heterocycles. The molecule has 0 saturated heterocycles. The number of hydrogen-bond acceptors (Lipinski definition) is 6. The molecule has 2 aromatic rings. The van der Waals surface area contributed by atoms with Crippen molar-refractivity contribution < 1.29 is 19.6 Å². The second-order valence-electron chi connectivity index (χ2n) is 5.45. The summed E-state index contributed by atoms with van der Waals surface area (Å²) in [6, 6.07) is 6.41. The van der Waals surface area contributed by atoms with Crippen LogP contribution in [0.3, 0.4) is 0 Å². The van der Waals surface area contributed by atoms with E-state index in [0.717, 1.165) is 11.1 Å². The number of fused-ring (bicyclic) bond motifs is 1. The lowest BCUT2D eigenvalue weighted by molar-refractivity contribution is -0.392. The van der Waals surface area contributed by atoms with Crippen LogP contribution in [0.4, 0.5) is 5.82 Å². The standard InChI is InChI=1S/C15H14N4O5/c1-9-16-6-13(19(23)24)17(9)7-10(20)8-18-14(21)11-4-2-3-5-12(11)15(18)22/h2-6,10,20H,7-8H2,1H3. The average molecular weight is 330 g/mol. The largest absolute Gasteiger partial charge is 0.387 e. The van der Waals surface area contributed by atoms with E-state index in [0.29, 0.717) is 17.0 Å². The number of amides is 2. The zero-order valence-corrected chi connectivity index (χ0v) is 12.7. The Morgan fingerprint density at radius 3 is 2.33 bits per heavy atom. The maximum Gasteiger partial charge on any atom is 0.342 e. The third-order valence-corrected chi connectivity index (χ3v) is 3.89. The van der Waals surface area contributed by atoms with Gasteiger partial charge < -0.3 is 15.2 Å². The summed E-state index contributed by atoms with van der Waals surface area (Å²) in [5, 5.41) is 21.2. The lowest BCUT2D eigenvalue weighted by Crippen LogP contribution is -2.38. The first kappa shape index (κ1) is 15.8. The van der Waals surface area contributed by atoms with Gasteiger partial charge in [-0.05, 0) is 17.1 Å². The number of nitrogens with zero attached hydrogens (tertiary/aromatic N) is 4. The van der Waals surface area contributed by atoms with Gasteiger partial charge in [0.25, 0.3) is 11.8 Å². The summed E-state index contributed by atoms with van der Waals surface area (Å²) < 4.78 is 1.24. The summed E-state index contributed by atoms with van der Waals surface area (Å²) in [5.74, 6) is -0.852. The van der Waals surface area contributed by atoms with Crippen LogP contribution in [-0.4, -0.2) is 48.9 Å². The number of aromatic nitrogens is 2. The van der Waals surface area contributed by atoms with Gasteiger partial charge in [-0.15, -0.1) is 0 Å². The summed E-state index contributed by atoms with van der Waals surface area (Å²) in [6.07, 6.45) is -0.0526. The van der Waals surface area contributed by atoms with E-state index < -0.39 is 22.8 Å². The Bertz CT molecular complexity index is 809. The molecule has 3 rings (SSSR count). The van der Waals surface area contributed by atoms with Gasteiger partial charge in [-0.2, -0.15) is 0 Å². The smallest absolute Gasteiger partial charge is 0.342 e. The molecule has 0 fully saturated rings. The SMILES string of the molecule is Cc1ncc([N+](=O)[O-])n1CC(O)CN1C(=O)c2ccccc2C1=O. The lowest BCUT2D eigenvalue weighted by atomic mass is 10.1. The minimum atomic E-state index is -1.15. The highest BCUT2D eigenvalue weighted by Gasteiger charge is 2.36. The predicted molar refractivity (Wildman–Crippen MR) is 81.4 cm³/mol. The molecule has 0 bridgehead atoms. The van der Waals surface area contributed by atoms with Crippen LogP contribution in [-0.2, 0) is 6.54 Å². The Morgan fingerprint density at radius 2 is 1.79 bits per heavy atom. The number of nitro groups is 1. The first-order chi connectivity index (χ1) is 11.4. The van der Waals surface area contributed by atoms with Gasteiger partial charge >= 0.3 is 5.82 Å². The molecule has 1 aliphatic rings. The summed E-state index contributed by atoms with van der Waals surface area (Å²) in [4.78, 5) is 39.7. The molecule has 9 heteroatoms. The van der Waals surface area contributed by atoms with E-state index in [1.165, 1.54) is 4.57 Å².